The lowest BCUT2D eigenvalue weighted by Crippen LogP contribution is -2.30. The molecule has 3 N–H and O–H groups in total. The van der Waals surface area contributed by atoms with Crippen molar-refractivity contribution in [1.82, 2.24) is 5.32 Å². The van der Waals surface area contributed by atoms with Gasteiger partial charge in [0.2, 0.25) is 0 Å². The van der Waals surface area contributed by atoms with Crippen LogP contribution in [0.1, 0.15) is 12.0 Å². The fraction of sp³-hybridized carbons (Fsp3) is 0.462. The van der Waals surface area contributed by atoms with Crippen molar-refractivity contribution >= 4 is 23.3 Å². The maximum atomic E-state index is 11.6. The van der Waals surface area contributed by atoms with Crippen molar-refractivity contribution in [3.05, 3.63) is 28.8 Å². The first kappa shape index (κ1) is 15.8. The van der Waals surface area contributed by atoms with Crippen LogP contribution in [0, 0.1) is 6.92 Å². The minimum absolute atomic E-state index is 0.0158. The average molecular weight is 287 g/mol. The third-order valence-corrected chi connectivity index (χ3v) is 2.91. The number of halogens is 1. The quantitative estimate of drug-likeness (QED) is 0.673. The fourth-order valence-corrected chi connectivity index (χ4v) is 1.63. The van der Waals surface area contributed by atoms with Gasteiger partial charge < -0.3 is 20.5 Å². The van der Waals surface area contributed by atoms with Crippen LogP contribution in [-0.4, -0.2) is 37.5 Å². The number of aliphatic hydroxyl groups excluding tert-OH is 1. The summed E-state index contributed by atoms with van der Waals surface area (Å²) in [5.41, 5.74) is 1.53. The minimum Gasteiger partial charge on any atom is -0.394 e. The number of nitrogens with one attached hydrogen (secondary N) is 2. The highest BCUT2D eigenvalue weighted by Gasteiger charge is 2.05. The molecular formula is C13H19ClN2O3. The molecule has 0 aliphatic rings. The Balaban J connectivity index is 2.26. The van der Waals surface area contributed by atoms with Crippen molar-refractivity contribution in [2.24, 2.45) is 0 Å². The van der Waals surface area contributed by atoms with E-state index in [-0.39, 0.29) is 12.6 Å². The van der Waals surface area contributed by atoms with Gasteiger partial charge in [0.15, 0.2) is 0 Å². The number of carbonyl (C=O) groups is 1. The topological polar surface area (TPSA) is 70.6 Å². The van der Waals surface area contributed by atoms with Gasteiger partial charge in [-0.1, -0.05) is 17.7 Å². The van der Waals surface area contributed by atoms with Crippen LogP contribution >= 0.6 is 11.6 Å². The lowest BCUT2D eigenvalue weighted by molar-refractivity contribution is 0.0910. The van der Waals surface area contributed by atoms with Crippen LogP contribution in [0.25, 0.3) is 0 Å². The Kier molecular flexibility index (Phi) is 7.25. The highest BCUT2D eigenvalue weighted by Crippen LogP contribution is 2.22. The van der Waals surface area contributed by atoms with Crippen molar-refractivity contribution in [2.75, 3.05) is 31.7 Å². The molecule has 0 saturated heterocycles. The van der Waals surface area contributed by atoms with Crippen LogP contribution in [-0.2, 0) is 4.74 Å². The molecule has 6 heteroatoms. The number of hydrogen-bond donors (Lipinski definition) is 3. The van der Waals surface area contributed by atoms with E-state index < -0.39 is 0 Å². The summed E-state index contributed by atoms with van der Waals surface area (Å²) in [5.74, 6) is 0. The van der Waals surface area contributed by atoms with Gasteiger partial charge in [0.05, 0.1) is 13.2 Å². The normalized spacial score (nSPS) is 10.3. The van der Waals surface area contributed by atoms with Crippen molar-refractivity contribution in [3.8, 4) is 0 Å². The van der Waals surface area contributed by atoms with E-state index in [1.165, 1.54) is 0 Å². The highest BCUT2D eigenvalue weighted by molar-refractivity contribution is 6.31. The predicted molar refractivity (Wildman–Crippen MR) is 75.7 cm³/mol. The molecule has 1 aromatic carbocycles. The van der Waals surface area contributed by atoms with Gasteiger partial charge in [-0.05, 0) is 31.0 Å². The molecule has 0 fully saturated rings. The first-order valence-electron chi connectivity index (χ1n) is 6.13. The SMILES string of the molecule is Cc1c(Cl)cccc1NC(=O)NCCCOCCO. The van der Waals surface area contributed by atoms with E-state index in [1.54, 1.807) is 18.2 Å². The van der Waals surface area contributed by atoms with Crippen molar-refractivity contribution in [3.63, 3.8) is 0 Å². The van der Waals surface area contributed by atoms with E-state index in [0.717, 1.165) is 5.56 Å². The second-order valence-corrected chi connectivity index (χ2v) is 4.39. The molecule has 0 saturated carbocycles. The van der Waals surface area contributed by atoms with Gasteiger partial charge in [0, 0.05) is 23.9 Å². The predicted octanol–water partition coefficient (Wildman–Crippen LogP) is 2.17. The molecule has 0 spiro atoms. The van der Waals surface area contributed by atoms with Crippen LogP contribution in [0.5, 0.6) is 0 Å². The Morgan fingerprint density at radius 2 is 2.21 bits per heavy atom. The Hall–Kier alpha value is -1.30. The van der Waals surface area contributed by atoms with Crippen LogP contribution in [0.2, 0.25) is 5.02 Å². The summed E-state index contributed by atoms with van der Waals surface area (Å²) in [5, 5.41) is 14.6. The van der Waals surface area contributed by atoms with E-state index in [1.807, 2.05) is 6.92 Å². The van der Waals surface area contributed by atoms with E-state index in [2.05, 4.69) is 10.6 Å². The molecule has 0 aromatic heterocycles. The number of anilines is 1. The Morgan fingerprint density at radius 1 is 1.42 bits per heavy atom. The highest BCUT2D eigenvalue weighted by atomic mass is 35.5. The number of benzene rings is 1. The van der Waals surface area contributed by atoms with Crippen molar-refractivity contribution < 1.29 is 14.6 Å². The van der Waals surface area contributed by atoms with Gasteiger partial charge in [-0.25, -0.2) is 4.79 Å². The standard InChI is InChI=1S/C13H19ClN2O3/c1-10-11(14)4-2-5-12(10)16-13(18)15-6-3-8-19-9-7-17/h2,4-5,17H,3,6-9H2,1H3,(H2,15,16,18). The van der Waals surface area contributed by atoms with Gasteiger partial charge in [-0.2, -0.15) is 0 Å². The summed E-state index contributed by atoms with van der Waals surface area (Å²) < 4.78 is 5.08. The van der Waals surface area contributed by atoms with E-state index in [9.17, 15) is 4.79 Å². The zero-order valence-electron chi connectivity index (χ0n) is 10.9. The molecule has 0 atom stereocenters. The third-order valence-electron chi connectivity index (χ3n) is 2.50. The molecule has 2 amide bonds. The molecule has 106 valence electrons. The average Bonchev–Trinajstić information content (AvgIpc) is 2.39. The summed E-state index contributed by atoms with van der Waals surface area (Å²) in [6, 6.07) is 5.09. The third kappa shape index (κ3) is 5.92. The van der Waals surface area contributed by atoms with Gasteiger partial charge in [0.25, 0.3) is 0 Å². The van der Waals surface area contributed by atoms with Gasteiger partial charge in [-0.15, -0.1) is 0 Å². The number of ether oxygens (including phenoxy) is 1. The van der Waals surface area contributed by atoms with E-state index in [0.29, 0.717) is 36.9 Å². The Morgan fingerprint density at radius 3 is 2.95 bits per heavy atom. The van der Waals surface area contributed by atoms with Crippen LogP contribution in [0.3, 0.4) is 0 Å². The second-order valence-electron chi connectivity index (χ2n) is 3.98. The number of amides is 2. The van der Waals surface area contributed by atoms with Gasteiger partial charge in [0.1, 0.15) is 0 Å². The molecule has 19 heavy (non-hydrogen) atoms. The Bertz CT molecular complexity index is 413. The van der Waals surface area contributed by atoms with Crippen LogP contribution in [0.15, 0.2) is 18.2 Å². The Labute approximate surface area is 117 Å². The summed E-state index contributed by atoms with van der Waals surface area (Å²) in [4.78, 5) is 11.6. The van der Waals surface area contributed by atoms with Crippen molar-refractivity contribution in [1.29, 1.82) is 0 Å². The van der Waals surface area contributed by atoms with E-state index >= 15 is 0 Å². The molecule has 1 aromatic rings. The largest absolute Gasteiger partial charge is 0.394 e. The lowest BCUT2D eigenvalue weighted by Gasteiger charge is -2.10. The van der Waals surface area contributed by atoms with Gasteiger partial charge >= 0.3 is 6.03 Å². The molecule has 0 aliphatic carbocycles. The van der Waals surface area contributed by atoms with Crippen molar-refractivity contribution in [2.45, 2.75) is 13.3 Å². The molecule has 0 heterocycles. The smallest absolute Gasteiger partial charge is 0.319 e. The summed E-state index contributed by atoms with van der Waals surface area (Å²) >= 11 is 5.96. The maximum Gasteiger partial charge on any atom is 0.319 e. The number of aliphatic hydroxyl groups is 1. The number of hydrogen-bond acceptors (Lipinski definition) is 3. The molecule has 1 rings (SSSR count). The molecule has 0 unspecified atom stereocenters. The molecule has 0 radical (unpaired) electrons. The molecule has 0 aliphatic heterocycles. The van der Waals surface area contributed by atoms with Crippen LogP contribution < -0.4 is 10.6 Å². The molecule has 5 nitrogen and oxygen atoms in total. The maximum absolute atomic E-state index is 11.6. The molecular weight excluding hydrogens is 268 g/mol. The number of rotatable bonds is 7. The zero-order chi connectivity index (χ0) is 14.1. The fourth-order valence-electron chi connectivity index (χ4n) is 1.45. The van der Waals surface area contributed by atoms with Gasteiger partial charge in [-0.3, -0.25) is 0 Å². The summed E-state index contributed by atoms with van der Waals surface area (Å²) in [7, 11) is 0. The minimum atomic E-state index is -0.271. The van der Waals surface area contributed by atoms with Crippen LogP contribution in [0.4, 0.5) is 10.5 Å². The lowest BCUT2D eigenvalue weighted by atomic mass is 10.2. The second kappa shape index (κ2) is 8.74. The number of carbonyl (C=O) groups excluding carboxylic acids is 1. The van der Waals surface area contributed by atoms with E-state index in [4.69, 9.17) is 21.4 Å². The zero-order valence-corrected chi connectivity index (χ0v) is 11.7. The summed E-state index contributed by atoms with van der Waals surface area (Å²) in [6.07, 6.45) is 0.696. The summed E-state index contributed by atoms with van der Waals surface area (Å²) in [6.45, 7) is 3.21. The first-order chi connectivity index (χ1) is 9.15. The first-order valence-corrected chi connectivity index (χ1v) is 6.51. The molecule has 0 bridgehead atoms. The monoisotopic (exact) mass is 286 g/mol. The number of urea groups is 1.